The van der Waals surface area contributed by atoms with Crippen LogP contribution in [0.2, 0.25) is 0 Å². The Morgan fingerprint density at radius 3 is 2.62 bits per heavy atom. The fourth-order valence-corrected chi connectivity index (χ4v) is 1.05. The standard InChI is InChI=1S/C8H3F2N3O3/c9-8(10)5-1-4(3-14)7(13(15)16)6(2-11)12-5/h1,3,8H. The second-order valence-corrected chi connectivity index (χ2v) is 2.62. The maximum atomic E-state index is 12.3. The molecular weight excluding hydrogens is 224 g/mol. The van der Waals surface area contributed by atoms with Crippen molar-refractivity contribution in [3.8, 4) is 6.07 Å². The monoisotopic (exact) mass is 227 g/mol. The van der Waals surface area contributed by atoms with E-state index >= 15 is 0 Å². The van der Waals surface area contributed by atoms with Gasteiger partial charge in [-0.25, -0.2) is 13.8 Å². The highest BCUT2D eigenvalue weighted by Crippen LogP contribution is 2.25. The first-order valence-electron chi connectivity index (χ1n) is 3.84. The Balaban J connectivity index is 3.57. The van der Waals surface area contributed by atoms with Gasteiger partial charge in [0.05, 0.1) is 10.5 Å². The van der Waals surface area contributed by atoms with Crippen LogP contribution in [0.5, 0.6) is 0 Å². The maximum absolute atomic E-state index is 12.3. The van der Waals surface area contributed by atoms with Crippen LogP contribution in [0.4, 0.5) is 14.5 Å². The zero-order valence-corrected chi connectivity index (χ0v) is 7.55. The molecular formula is C8H3F2N3O3. The van der Waals surface area contributed by atoms with Crippen LogP contribution in [0, 0.1) is 21.4 Å². The van der Waals surface area contributed by atoms with Gasteiger partial charge in [-0.3, -0.25) is 14.9 Å². The Morgan fingerprint density at radius 1 is 1.62 bits per heavy atom. The van der Waals surface area contributed by atoms with E-state index in [2.05, 4.69) is 4.98 Å². The van der Waals surface area contributed by atoms with Crippen LogP contribution >= 0.6 is 0 Å². The number of carbonyl (C=O) groups excluding carboxylic acids is 1. The van der Waals surface area contributed by atoms with E-state index in [-0.39, 0.29) is 6.29 Å². The lowest BCUT2D eigenvalue weighted by atomic mass is 10.1. The van der Waals surface area contributed by atoms with Gasteiger partial charge in [-0.2, -0.15) is 5.26 Å². The highest BCUT2D eigenvalue weighted by molar-refractivity contribution is 5.83. The Bertz CT molecular complexity index is 496. The van der Waals surface area contributed by atoms with Gasteiger partial charge in [-0.1, -0.05) is 0 Å². The van der Waals surface area contributed by atoms with Gasteiger partial charge in [-0.15, -0.1) is 0 Å². The van der Waals surface area contributed by atoms with Crippen LogP contribution in [0.15, 0.2) is 6.07 Å². The molecule has 0 fully saturated rings. The first-order valence-corrected chi connectivity index (χ1v) is 3.84. The van der Waals surface area contributed by atoms with Crippen LogP contribution in [0.1, 0.15) is 28.2 Å². The van der Waals surface area contributed by atoms with E-state index in [4.69, 9.17) is 5.26 Å². The minimum Gasteiger partial charge on any atom is -0.298 e. The number of halogens is 2. The first-order chi connectivity index (χ1) is 7.51. The molecule has 1 aromatic heterocycles. The number of rotatable bonds is 3. The van der Waals surface area contributed by atoms with Crippen molar-refractivity contribution >= 4 is 12.0 Å². The van der Waals surface area contributed by atoms with Crippen molar-refractivity contribution in [2.75, 3.05) is 0 Å². The number of aldehydes is 1. The average molecular weight is 227 g/mol. The van der Waals surface area contributed by atoms with Gasteiger partial charge in [0, 0.05) is 0 Å². The molecule has 0 amide bonds. The summed E-state index contributed by atoms with van der Waals surface area (Å²) in [6, 6.07) is 1.90. The Labute approximate surface area is 87.3 Å². The van der Waals surface area contributed by atoms with Crippen LogP contribution in [0.25, 0.3) is 0 Å². The lowest BCUT2D eigenvalue weighted by molar-refractivity contribution is -0.385. The molecule has 0 radical (unpaired) electrons. The quantitative estimate of drug-likeness (QED) is 0.443. The predicted molar refractivity (Wildman–Crippen MR) is 46.0 cm³/mol. The molecule has 0 saturated carbocycles. The average Bonchev–Trinajstić information content (AvgIpc) is 2.26. The fourth-order valence-electron chi connectivity index (χ4n) is 1.05. The zero-order valence-electron chi connectivity index (χ0n) is 7.55. The second-order valence-electron chi connectivity index (χ2n) is 2.62. The van der Waals surface area contributed by atoms with Gasteiger partial charge in [0.15, 0.2) is 6.29 Å². The van der Waals surface area contributed by atoms with Crippen molar-refractivity contribution in [2.45, 2.75) is 6.43 Å². The normalized spacial score (nSPS) is 9.88. The number of nitro groups is 1. The summed E-state index contributed by atoms with van der Waals surface area (Å²) in [4.78, 5) is 23.1. The zero-order chi connectivity index (χ0) is 12.3. The molecule has 82 valence electrons. The number of hydrogen-bond acceptors (Lipinski definition) is 5. The molecule has 0 spiro atoms. The number of alkyl halides is 2. The molecule has 1 aromatic rings. The van der Waals surface area contributed by atoms with Gasteiger partial charge in [0.1, 0.15) is 11.8 Å². The third-order valence-electron chi connectivity index (χ3n) is 1.68. The molecule has 0 bridgehead atoms. The molecule has 8 heteroatoms. The molecule has 0 atom stereocenters. The van der Waals surface area contributed by atoms with Crippen molar-refractivity contribution in [3.05, 3.63) is 33.1 Å². The van der Waals surface area contributed by atoms with Gasteiger partial charge < -0.3 is 0 Å². The summed E-state index contributed by atoms with van der Waals surface area (Å²) in [6.07, 6.45) is -2.97. The Hall–Kier alpha value is -2.43. The molecule has 0 aliphatic carbocycles. The number of carbonyl (C=O) groups is 1. The van der Waals surface area contributed by atoms with E-state index in [0.717, 1.165) is 0 Å². The molecule has 0 N–H and O–H groups in total. The van der Waals surface area contributed by atoms with Crippen LogP contribution in [0.3, 0.4) is 0 Å². The molecule has 1 rings (SSSR count). The lowest BCUT2D eigenvalue weighted by Crippen LogP contribution is -2.04. The molecule has 0 aromatic carbocycles. The van der Waals surface area contributed by atoms with E-state index in [0.29, 0.717) is 6.07 Å². The molecule has 0 saturated heterocycles. The number of nitrogens with zero attached hydrogens (tertiary/aromatic N) is 3. The van der Waals surface area contributed by atoms with Crippen molar-refractivity contribution in [1.29, 1.82) is 5.26 Å². The summed E-state index contributed by atoms with van der Waals surface area (Å²) < 4.78 is 24.5. The lowest BCUT2D eigenvalue weighted by Gasteiger charge is -2.02. The van der Waals surface area contributed by atoms with E-state index in [1.165, 1.54) is 6.07 Å². The van der Waals surface area contributed by atoms with Crippen LogP contribution in [-0.2, 0) is 0 Å². The summed E-state index contributed by atoms with van der Waals surface area (Å²) >= 11 is 0. The summed E-state index contributed by atoms with van der Waals surface area (Å²) in [6.45, 7) is 0. The van der Waals surface area contributed by atoms with E-state index in [1.807, 2.05) is 0 Å². The smallest absolute Gasteiger partial charge is 0.298 e. The first kappa shape index (κ1) is 11.6. The number of nitriles is 1. The molecule has 6 nitrogen and oxygen atoms in total. The van der Waals surface area contributed by atoms with Crippen LogP contribution in [-0.4, -0.2) is 16.2 Å². The van der Waals surface area contributed by atoms with E-state index < -0.39 is 34.0 Å². The SMILES string of the molecule is N#Cc1nc(C(F)F)cc(C=O)c1[N+](=O)[O-]. The van der Waals surface area contributed by atoms with Crippen molar-refractivity contribution < 1.29 is 18.5 Å². The van der Waals surface area contributed by atoms with Crippen molar-refractivity contribution in [2.24, 2.45) is 0 Å². The molecule has 1 heterocycles. The topological polar surface area (TPSA) is 96.9 Å². The van der Waals surface area contributed by atoms with E-state index in [9.17, 15) is 23.7 Å². The largest absolute Gasteiger partial charge is 0.316 e. The number of hydrogen-bond donors (Lipinski definition) is 0. The minimum atomic E-state index is -3.01. The highest BCUT2D eigenvalue weighted by atomic mass is 19.3. The van der Waals surface area contributed by atoms with Gasteiger partial charge in [0.2, 0.25) is 5.69 Å². The molecule has 0 aliphatic heterocycles. The second kappa shape index (κ2) is 4.39. The van der Waals surface area contributed by atoms with Gasteiger partial charge in [0.25, 0.3) is 6.43 Å². The van der Waals surface area contributed by atoms with E-state index in [1.54, 1.807) is 0 Å². The molecule has 0 aliphatic rings. The maximum Gasteiger partial charge on any atom is 0.316 e. The number of pyridine rings is 1. The molecule has 0 unspecified atom stereocenters. The van der Waals surface area contributed by atoms with Crippen molar-refractivity contribution in [1.82, 2.24) is 4.98 Å². The fraction of sp³-hybridized carbons (Fsp3) is 0.125. The summed E-state index contributed by atoms with van der Waals surface area (Å²) in [5.41, 5.74) is -3.09. The minimum absolute atomic E-state index is 0.0343. The Morgan fingerprint density at radius 2 is 2.25 bits per heavy atom. The Kier molecular flexibility index (Phi) is 3.20. The number of aromatic nitrogens is 1. The third kappa shape index (κ3) is 1.98. The third-order valence-corrected chi connectivity index (χ3v) is 1.68. The summed E-state index contributed by atoms with van der Waals surface area (Å²) in [5.74, 6) is 0. The highest BCUT2D eigenvalue weighted by Gasteiger charge is 2.24. The summed E-state index contributed by atoms with van der Waals surface area (Å²) in [7, 11) is 0. The van der Waals surface area contributed by atoms with Gasteiger partial charge >= 0.3 is 5.69 Å². The molecule has 16 heavy (non-hydrogen) atoms. The van der Waals surface area contributed by atoms with Crippen LogP contribution < -0.4 is 0 Å². The summed E-state index contributed by atoms with van der Waals surface area (Å²) in [5, 5.41) is 19.0. The van der Waals surface area contributed by atoms with Gasteiger partial charge in [-0.05, 0) is 6.07 Å². The predicted octanol–water partition coefficient (Wildman–Crippen LogP) is 1.61. The van der Waals surface area contributed by atoms with Crippen molar-refractivity contribution in [3.63, 3.8) is 0 Å².